The summed E-state index contributed by atoms with van der Waals surface area (Å²) in [6.45, 7) is 1.95. The summed E-state index contributed by atoms with van der Waals surface area (Å²) in [6, 6.07) is 0. The van der Waals surface area contributed by atoms with Gasteiger partial charge in [0.05, 0.1) is 12.9 Å². The highest BCUT2D eigenvalue weighted by Crippen LogP contribution is 2.24. The second-order valence-electron chi connectivity index (χ2n) is 4.88. The molecule has 2 aromatic rings. The van der Waals surface area contributed by atoms with Crippen molar-refractivity contribution in [2.75, 3.05) is 24.6 Å². The van der Waals surface area contributed by atoms with Crippen molar-refractivity contribution in [2.45, 2.75) is 31.2 Å². The van der Waals surface area contributed by atoms with E-state index < -0.39 is 5.97 Å². The monoisotopic (exact) mass is 352 g/mol. The zero-order valence-electron chi connectivity index (χ0n) is 13.4. The van der Waals surface area contributed by atoms with Gasteiger partial charge in [0.1, 0.15) is 17.1 Å². The molecule has 1 amide bonds. The van der Waals surface area contributed by atoms with E-state index in [0.717, 1.165) is 22.7 Å². The molecular weight excluding hydrogens is 332 g/mol. The number of rotatable bonds is 9. The standard InChI is InChI=1S/C14H20N6O3S/c1-2-23-10(22)7-16-9(21)5-3-4-6-24-13-11-12(18-8-17-11)19-14(15)20-13/h8H,2-7H2,1H3,(H,16,21)(H3,15,17,18,19,20). The molecule has 0 atom stereocenters. The van der Waals surface area contributed by atoms with Crippen molar-refractivity contribution < 1.29 is 14.3 Å². The Hall–Kier alpha value is -2.36. The van der Waals surface area contributed by atoms with Gasteiger partial charge in [-0.15, -0.1) is 11.8 Å². The molecule has 0 saturated heterocycles. The van der Waals surface area contributed by atoms with E-state index >= 15 is 0 Å². The average molecular weight is 352 g/mol. The van der Waals surface area contributed by atoms with Gasteiger partial charge < -0.3 is 20.8 Å². The first-order chi connectivity index (χ1) is 11.6. The molecule has 0 aliphatic rings. The number of nitrogens with one attached hydrogen (secondary N) is 2. The number of hydrogen-bond donors (Lipinski definition) is 3. The van der Waals surface area contributed by atoms with Crippen LogP contribution in [0.15, 0.2) is 11.4 Å². The fraction of sp³-hybridized carbons (Fsp3) is 0.500. The molecule has 2 rings (SSSR count). The van der Waals surface area contributed by atoms with Gasteiger partial charge in [-0.3, -0.25) is 9.59 Å². The Morgan fingerprint density at radius 2 is 2.21 bits per heavy atom. The largest absolute Gasteiger partial charge is 0.465 e. The van der Waals surface area contributed by atoms with E-state index in [4.69, 9.17) is 10.5 Å². The molecule has 2 heterocycles. The Balaban J connectivity index is 1.67. The molecular formula is C14H20N6O3S. The number of anilines is 1. The minimum absolute atomic E-state index is 0.0839. The molecule has 0 saturated carbocycles. The number of thioether (sulfide) groups is 1. The summed E-state index contributed by atoms with van der Waals surface area (Å²) in [5, 5.41) is 3.28. The number of aromatic amines is 1. The van der Waals surface area contributed by atoms with Gasteiger partial charge in [0.2, 0.25) is 11.9 Å². The SMILES string of the molecule is CCOC(=O)CNC(=O)CCCCSc1nc(N)nc2nc[nH]c12. The molecule has 0 unspecified atom stereocenters. The van der Waals surface area contributed by atoms with Gasteiger partial charge in [-0.1, -0.05) is 0 Å². The van der Waals surface area contributed by atoms with Crippen molar-refractivity contribution in [1.82, 2.24) is 25.3 Å². The van der Waals surface area contributed by atoms with Crippen LogP contribution in [0.3, 0.4) is 0 Å². The highest BCUT2D eigenvalue weighted by molar-refractivity contribution is 7.99. The molecule has 0 aliphatic carbocycles. The Kier molecular flexibility index (Phi) is 6.79. The molecule has 130 valence electrons. The van der Waals surface area contributed by atoms with Gasteiger partial charge in [0.25, 0.3) is 0 Å². The molecule has 0 aromatic carbocycles. The van der Waals surface area contributed by atoms with E-state index in [1.54, 1.807) is 13.3 Å². The predicted octanol–water partition coefficient (Wildman–Crippen LogP) is 0.877. The lowest BCUT2D eigenvalue weighted by Gasteiger charge is -2.05. The van der Waals surface area contributed by atoms with Crippen LogP contribution in [0, 0.1) is 0 Å². The van der Waals surface area contributed by atoms with Gasteiger partial charge >= 0.3 is 5.97 Å². The van der Waals surface area contributed by atoms with E-state index in [0.29, 0.717) is 25.1 Å². The van der Waals surface area contributed by atoms with Crippen molar-refractivity contribution in [3.63, 3.8) is 0 Å². The first kappa shape index (κ1) is 18.0. The third-order valence-electron chi connectivity index (χ3n) is 3.04. The number of H-pyrrole nitrogens is 1. The average Bonchev–Trinajstić information content (AvgIpc) is 3.01. The van der Waals surface area contributed by atoms with Crippen LogP contribution in [-0.4, -0.2) is 50.7 Å². The van der Waals surface area contributed by atoms with Crippen molar-refractivity contribution in [2.24, 2.45) is 0 Å². The minimum Gasteiger partial charge on any atom is -0.465 e. The smallest absolute Gasteiger partial charge is 0.325 e. The summed E-state index contributed by atoms with van der Waals surface area (Å²) in [4.78, 5) is 38.0. The number of nitrogens with zero attached hydrogens (tertiary/aromatic N) is 3. The molecule has 0 spiro atoms. The van der Waals surface area contributed by atoms with E-state index in [2.05, 4.69) is 25.3 Å². The Bertz CT molecular complexity index is 705. The first-order valence-corrected chi connectivity index (χ1v) is 8.60. The molecule has 0 bridgehead atoms. The third-order valence-corrected chi connectivity index (χ3v) is 4.10. The number of hydrogen-bond acceptors (Lipinski definition) is 8. The van der Waals surface area contributed by atoms with Crippen LogP contribution in [-0.2, 0) is 14.3 Å². The van der Waals surface area contributed by atoms with Crippen molar-refractivity contribution >= 4 is 40.8 Å². The molecule has 0 radical (unpaired) electrons. The van der Waals surface area contributed by atoms with Gasteiger partial charge in [-0.05, 0) is 25.5 Å². The molecule has 0 fully saturated rings. The second-order valence-corrected chi connectivity index (χ2v) is 5.96. The number of aromatic nitrogens is 4. The van der Waals surface area contributed by atoms with E-state index in [1.165, 1.54) is 11.8 Å². The highest BCUT2D eigenvalue weighted by atomic mass is 32.2. The van der Waals surface area contributed by atoms with E-state index in [1.807, 2.05) is 0 Å². The molecule has 9 nitrogen and oxygen atoms in total. The number of unbranched alkanes of at least 4 members (excludes halogenated alkanes) is 1. The number of amides is 1. The number of esters is 1. The maximum atomic E-state index is 11.6. The number of carbonyl (C=O) groups excluding carboxylic acids is 2. The number of nitrogen functional groups attached to an aromatic ring is 1. The first-order valence-electron chi connectivity index (χ1n) is 7.62. The van der Waals surface area contributed by atoms with Gasteiger partial charge in [0, 0.05) is 6.42 Å². The van der Waals surface area contributed by atoms with Crippen LogP contribution in [0.5, 0.6) is 0 Å². The lowest BCUT2D eigenvalue weighted by molar-refractivity contribution is -0.143. The maximum Gasteiger partial charge on any atom is 0.325 e. The molecule has 2 aromatic heterocycles. The molecule has 0 aliphatic heterocycles. The Morgan fingerprint density at radius 1 is 1.38 bits per heavy atom. The maximum absolute atomic E-state index is 11.6. The van der Waals surface area contributed by atoms with Crippen LogP contribution >= 0.6 is 11.8 Å². The number of imidazole rings is 1. The molecule has 4 N–H and O–H groups in total. The van der Waals surface area contributed by atoms with Crippen LogP contribution < -0.4 is 11.1 Å². The zero-order chi connectivity index (χ0) is 17.4. The predicted molar refractivity (Wildman–Crippen MR) is 90.3 cm³/mol. The molecule has 10 heteroatoms. The Morgan fingerprint density at radius 3 is 3.00 bits per heavy atom. The Labute approximate surface area is 143 Å². The lowest BCUT2D eigenvalue weighted by Crippen LogP contribution is -2.30. The molecule has 24 heavy (non-hydrogen) atoms. The van der Waals surface area contributed by atoms with Gasteiger partial charge in [-0.25, -0.2) is 9.97 Å². The number of fused-ring (bicyclic) bond motifs is 1. The lowest BCUT2D eigenvalue weighted by atomic mass is 10.2. The summed E-state index contributed by atoms with van der Waals surface area (Å²) >= 11 is 1.54. The zero-order valence-corrected chi connectivity index (χ0v) is 14.2. The summed E-state index contributed by atoms with van der Waals surface area (Å²) in [5.41, 5.74) is 6.96. The van der Waals surface area contributed by atoms with Crippen LogP contribution in [0.2, 0.25) is 0 Å². The minimum atomic E-state index is -0.425. The normalized spacial score (nSPS) is 10.7. The van der Waals surface area contributed by atoms with Crippen LogP contribution in [0.1, 0.15) is 26.2 Å². The number of nitrogens with two attached hydrogens (primary N) is 1. The van der Waals surface area contributed by atoms with Crippen LogP contribution in [0.25, 0.3) is 11.2 Å². The van der Waals surface area contributed by atoms with Crippen molar-refractivity contribution in [1.29, 1.82) is 0 Å². The van der Waals surface area contributed by atoms with E-state index in [-0.39, 0.29) is 18.4 Å². The fourth-order valence-electron chi connectivity index (χ4n) is 1.95. The van der Waals surface area contributed by atoms with Gasteiger partial charge in [0.15, 0.2) is 5.65 Å². The third kappa shape index (κ3) is 5.37. The topological polar surface area (TPSA) is 136 Å². The summed E-state index contributed by atoms with van der Waals surface area (Å²) in [5.74, 6) is 0.396. The van der Waals surface area contributed by atoms with Crippen molar-refractivity contribution in [3.05, 3.63) is 6.33 Å². The van der Waals surface area contributed by atoms with Gasteiger partial charge in [-0.2, -0.15) is 4.98 Å². The number of ether oxygens (including phenoxy) is 1. The number of carbonyl (C=O) groups is 2. The summed E-state index contributed by atoms with van der Waals surface area (Å²) in [6.07, 6.45) is 3.47. The van der Waals surface area contributed by atoms with E-state index in [9.17, 15) is 9.59 Å². The summed E-state index contributed by atoms with van der Waals surface area (Å²) in [7, 11) is 0. The quantitative estimate of drug-likeness (QED) is 0.262. The summed E-state index contributed by atoms with van der Waals surface area (Å²) < 4.78 is 4.74. The highest BCUT2D eigenvalue weighted by Gasteiger charge is 2.09. The second kappa shape index (κ2) is 9.06. The fourth-order valence-corrected chi connectivity index (χ4v) is 2.95. The van der Waals surface area contributed by atoms with Crippen LogP contribution in [0.4, 0.5) is 5.95 Å². The van der Waals surface area contributed by atoms with Crippen molar-refractivity contribution in [3.8, 4) is 0 Å².